The molecule has 2 aliphatic heterocycles. The average molecular weight is 445 g/mol. The Kier molecular flexibility index (Phi) is 6.60. The number of aryl methyl sites for hydroxylation is 1. The SMILES string of the molecule is Cc1ccc(OC(=O)c2cc(S(=O)(=O)N3CCCCC3)ccc2N2CCOCC2)cc1. The molecule has 2 aromatic carbocycles. The zero-order chi connectivity index (χ0) is 21.8. The van der Waals surface area contributed by atoms with Gasteiger partial charge in [0.15, 0.2) is 0 Å². The zero-order valence-electron chi connectivity index (χ0n) is 17.7. The van der Waals surface area contributed by atoms with Crippen molar-refractivity contribution in [2.75, 3.05) is 44.3 Å². The van der Waals surface area contributed by atoms with E-state index in [-0.39, 0.29) is 10.5 Å². The number of hydrogen-bond donors (Lipinski definition) is 0. The van der Waals surface area contributed by atoms with Crippen LogP contribution in [-0.4, -0.2) is 58.1 Å². The molecule has 2 aliphatic rings. The van der Waals surface area contributed by atoms with Crippen molar-refractivity contribution < 1.29 is 22.7 Å². The summed E-state index contributed by atoms with van der Waals surface area (Å²) >= 11 is 0. The van der Waals surface area contributed by atoms with Gasteiger partial charge in [0.1, 0.15) is 5.75 Å². The molecule has 166 valence electrons. The molecule has 0 amide bonds. The molecule has 2 fully saturated rings. The third-order valence-electron chi connectivity index (χ3n) is 5.72. The van der Waals surface area contributed by atoms with Crippen molar-refractivity contribution in [3.05, 3.63) is 53.6 Å². The number of carbonyl (C=O) groups excluding carboxylic acids is 1. The highest BCUT2D eigenvalue weighted by Crippen LogP contribution is 2.29. The van der Waals surface area contributed by atoms with Crippen LogP contribution in [0.25, 0.3) is 0 Å². The summed E-state index contributed by atoms with van der Waals surface area (Å²) in [5.41, 5.74) is 1.97. The molecule has 2 heterocycles. The second-order valence-electron chi connectivity index (χ2n) is 7.95. The van der Waals surface area contributed by atoms with E-state index >= 15 is 0 Å². The van der Waals surface area contributed by atoms with Crippen molar-refractivity contribution in [1.29, 1.82) is 0 Å². The van der Waals surface area contributed by atoms with Crippen molar-refractivity contribution in [2.24, 2.45) is 0 Å². The van der Waals surface area contributed by atoms with Gasteiger partial charge in [-0.2, -0.15) is 4.31 Å². The van der Waals surface area contributed by atoms with Gasteiger partial charge in [-0.15, -0.1) is 0 Å². The molecule has 31 heavy (non-hydrogen) atoms. The standard InChI is InChI=1S/C23H28N2O5S/c1-18-5-7-19(8-6-18)30-23(26)21-17-20(31(27,28)25-11-3-2-4-12-25)9-10-22(21)24-13-15-29-16-14-24/h5-10,17H,2-4,11-16H2,1H3. The van der Waals surface area contributed by atoms with E-state index in [0.29, 0.717) is 50.8 Å². The molecule has 8 heteroatoms. The summed E-state index contributed by atoms with van der Waals surface area (Å²) in [6.07, 6.45) is 2.75. The number of esters is 1. The number of carbonyl (C=O) groups is 1. The lowest BCUT2D eigenvalue weighted by Gasteiger charge is -2.31. The first-order chi connectivity index (χ1) is 14.9. The van der Waals surface area contributed by atoms with E-state index in [4.69, 9.17) is 9.47 Å². The quantitative estimate of drug-likeness (QED) is 0.521. The molecule has 2 aromatic rings. The lowest BCUT2D eigenvalue weighted by molar-refractivity contribution is 0.0734. The Bertz CT molecular complexity index is 1020. The smallest absolute Gasteiger partial charge is 0.345 e. The Morgan fingerprint density at radius 3 is 2.29 bits per heavy atom. The van der Waals surface area contributed by atoms with E-state index in [2.05, 4.69) is 0 Å². The normalized spacial score (nSPS) is 18.0. The van der Waals surface area contributed by atoms with Crippen LogP contribution < -0.4 is 9.64 Å². The minimum Gasteiger partial charge on any atom is -0.423 e. The van der Waals surface area contributed by atoms with E-state index in [1.54, 1.807) is 24.3 Å². The molecule has 0 bridgehead atoms. The predicted octanol–water partition coefficient (Wildman–Crippen LogP) is 3.23. The maximum atomic E-state index is 13.2. The van der Waals surface area contributed by atoms with Crippen LogP contribution >= 0.6 is 0 Å². The average Bonchev–Trinajstić information content (AvgIpc) is 2.81. The molecule has 0 radical (unpaired) electrons. The van der Waals surface area contributed by atoms with Gasteiger partial charge in [0, 0.05) is 26.2 Å². The topological polar surface area (TPSA) is 76.2 Å². The van der Waals surface area contributed by atoms with Gasteiger partial charge in [0.05, 0.1) is 29.4 Å². The maximum absolute atomic E-state index is 13.2. The highest BCUT2D eigenvalue weighted by Gasteiger charge is 2.29. The van der Waals surface area contributed by atoms with Crippen LogP contribution in [0.2, 0.25) is 0 Å². The number of nitrogens with zero attached hydrogens (tertiary/aromatic N) is 2. The van der Waals surface area contributed by atoms with Crippen LogP contribution in [0.4, 0.5) is 5.69 Å². The summed E-state index contributed by atoms with van der Waals surface area (Å²) in [5, 5.41) is 0. The monoisotopic (exact) mass is 444 g/mol. The molecule has 2 saturated heterocycles. The van der Waals surface area contributed by atoms with Gasteiger partial charge in [-0.3, -0.25) is 0 Å². The third-order valence-corrected chi connectivity index (χ3v) is 7.62. The van der Waals surface area contributed by atoms with Crippen LogP contribution in [0.1, 0.15) is 35.2 Å². The number of sulfonamides is 1. The summed E-state index contributed by atoms with van der Waals surface area (Å²) in [4.78, 5) is 15.3. The Labute approximate surface area is 183 Å². The van der Waals surface area contributed by atoms with E-state index in [1.165, 1.54) is 10.4 Å². The van der Waals surface area contributed by atoms with E-state index < -0.39 is 16.0 Å². The lowest BCUT2D eigenvalue weighted by Crippen LogP contribution is -2.38. The van der Waals surface area contributed by atoms with E-state index in [9.17, 15) is 13.2 Å². The van der Waals surface area contributed by atoms with Crippen LogP contribution in [0.15, 0.2) is 47.4 Å². The van der Waals surface area contributed by atoms with Gasteiger partial charge < -0.3 is 14.4 Å². The number of anilines is 1. The van der Waals surface area contributed by atoms with Crippen molar-refractivity contribution in [3.63, 3.8) is 0 Å². The highest BCUT2D eigenvalue weighted by atomic mass is 32.2. The summed E-state index contributed by atoms with van der Waals surface area (Å²) in [7, 11) is -3.66. The Balaban J connectivity index is 1.69. The molecule has 0 aromatic heterocycles. The molecular weight excluding hydrogens is 416 g/mol. The molecular formula is C23H28N2O5S. The number of rotatable bonds is 5. The fraction of sp³-hybridized carbons (Fsp3) is 0.435. The summed E-state index contributed by atoms with van der Waals surface area (Å²) in [6, 6.07) is 12.0. The Hall–Kier alpha value is -2.42. The largest absolute Gasteiger partial charge is 0.423 e. The highest BCUT2D eigenvalue weighted by molar-refractivity contribution is 7.89. The molecule has 0 aliphatic carbocycles. The summed E-state index contributed by atoms with van der Waals surface area (Å²) in [6.45, 7) is 5.34. The second kappa shape index (κ2) is 9.38. The lowest BCUT2D eigenvalue weighted by atomic mass is 10.1. The molecule has 0 unspecified atom stereocenters. The molecule has 4 rings (SSSR count). The van der Waals surface area contributed by atoms with Crippen molar-refractivity contribution in [1.82, 2.24) is 4.31 Å². The molecule has 0 spiro atoms. The molecule has 0 atom stereocenters. The van der Waals surface area contributed by atoms with Gasteiger partial charge >= 0.3 is 5.97 Å². The number of ether oxygens (including phenoxy) is 2. The fourth-order valence-corrected chi connectivity index (χ4v) is 5.49. The minimum atomic E-state index is -3.66. The second-order valence-corrected chi connectivity index (χ2v) is 9.88. The van der Waals surface area contributed by atoms with E-state index in [1.807, 2.05) is 24.0 Å². The summed E-state index contributed by atoms with van der Waals surface area (Å²) in [5.74, 6) is -0.145. The van der Waals surface area contributed by atoms with Gasteiger partial charge in [-0.1, -0.05) is 24.1 Å². The third kappa shape index (κ3) is 4.92. The van der Waals surface area contributed by atoms with Gasteiger partial charge in [0.25, 0.3) is 0 Å². The number of morpholine rings is 1. The first-order valence-electron chi connectivity index (χ1n) is 10.7. The van der Waals surface area contributed by atoms with Crippen molar-refractivity contribution in [3.8, 4) is 5.75 Å². The van der Waals surface area contributed by atoms with Crippen LogP contribution in [-0.2, 0) is 14.8 Å². The van der Waals surface area contributed by atoms with Gasteiger partial charge in [-0.05, 0) is 50.1 Å². The van der Waals surface area contributed by atoms with Crippen molar-refractivity contribution >= 4 is 21.7 Å². The maximum Gasteiger partial charge on any atom is 0.345 e. The van der Waals surface area contributed by atoms with Crippen LogP contribution in [0, 0.1) is 6.92 Å². The number of hydrogen-bond acceptors (Lipinski definition) is 6. The first kappa shape index (κ1) is 21.8. The van der Waals surface area contributed by atoms with Crippen LogP contribution in [0.3, 0.4) is 0 Å². The molecule has 7 nitrogen and oxygen atoms in total. The Morgan fingerprint density at radius 2 is 1.61 bits per heavy atom. The minimum absolute atomic E-state index is 0.127. The molecule has 0 N–H and O–H groups in total. The van der Waals surface area contributed by atoms with Gasteiger partial charge in [0.2, 0.25) is 10.0 Å². The number of benzene rings is 2. The van der Waals surface area contributed by atoms with E-state index in [0.717, 1.165) is 24.8 Å². The van der Waals surface area contributed by atoms with Crippen molar-refractivity contribution in [2.45, 2.75) is 31.1 Å². The fourth-order valence-electron chi connectivity index (χ4n) is 3.94. The van der Waals surface area contributed by atoms with Gasteiger partial charge in [-0.25, -0.2) is 13.2 Å². The van der Waals surface area contributed by atoms with Crippen LogP contribution in [0.5, 0.6) is 5.75 Å². The predicted molar refractivity (Wildman–Crippen MR) is 118 cm³/mol. The zero-order valence-corrected chi connectivity index (χ0v) is 18.6. The first-order valence-corrected chi connectivity index (χ1v) is 12.1. The Morgan fingerprint density at radius 1 is 0.935 bits per heavy atom. The number of piperidine rings is 1. The summed E-state index contributed by atoms with van der Waals surface area (Å²) < 4.78 is 38.9. The molecule has 0 saturated carbocycles.